The molecule has 4 heteroatoms. The Morgan fingerprint density at radius 3 is 2.09 bits per heavy atom. The van der Waals surface area contributed by atoms with Crippen molar-refractivity contribution in [1.29, 1.82) is 0 Å². The molecule has 0 aromatic heterocycles. The first-order valence-corrected chi connectivity index (χ1v) is 8.73. The van der Waals surface area contributed by atoms with Crippen LogP contribution in [0.5, 0.6) is 0 Å². The molecule has 1 saturated carbocycles. The summed E-state index contributed by atoms with van der Waals surface area (Å²) in [7, 11) is 0. The van der Waals surface area contributed by atoms with Gasteiger partial charge in [-0.15, -0.1) is 0 Å². The molecule has 0 aromatic carbocycles. The first kappa shape index (κ1) is 19.0. The van der Waals surface area contributed by atoms with Gasteiger partial charge in [0.2, 0.25) is 0 Å². The molecule has 1 aliphatic rings. The van der Waals surface area contributed by atoms with Crippen molar-refractivity contribution in [3.63, 3.8) is 0 Å². The van der Waals surface area contributed by atoms with Crippen LogP contribution >= 0.6 is 0 Å². The van der Waals surface area contributed by atoms with Crippen molar-refractivity contribution in [3.05, 3.63) is 0 Å². The third kappa shape index (κ3) is 4.02. The third-order valence-corrected chi connectivity index (χ3v) is 5.60. The van der Waals surface area contributed by atoms with E-state index in [0.29, 0.717) is 25.2 Å². The van der Waals surface area contributed by atoms with Crippen molar-refractivity contribution in [2.75, 3.05) is 0 Å². The van der Waals surface area contributed by atoms with Crippen LogP contribution in [0.25, 0.3) is 0 Å². The largest absolute Gasteiger partial charge is 0.481 e. The first-order valence-electron chi connectivity index (χ1n) is 8.73. The second kappa shape index (κ2) is 7.98. The van der Waals surface area contributed by atoms with E-state index >= 15 is 0 Å². The first-order chi connectivity index (χ1) is 10.3. The molecule has 0 aliphatic heterocycles. The number of hydrogen-bond acceptors (Lipinski definition) is 2. The van der Waals surface area contributed by atoms with Crippen LogP contribution in [0.1, 0.15) is 85.0 Å². The predicted molar refractivity (Wildman–Crippen MR) is 86.8 cm³/mol. The maximum atomic E-state index is 11.9. The summed E-state index contributed by atoms with van der Waals surface area (Å²) in [5.74, 6) is -1.16. The molecule has 128 valence electrons. The van der Waals surface area contributed by atoms with Crippen LogP contribution < -0.4 is 0 Å². The molecule has 2 unspecified atom stereocenters. The van der Waals surface area contributed by atoms with Gasteiger partial charge >= 0.3 is 11.9 Å². The molecule has 0 bridgehead atoms. The van der Waals surface area contributed by atoms with Gasteiger partial charge in [-0.25, -0.2) is 0 Å². The molecular weight excluding hydrogens is 280 g/mol. The molecule has 0 spiro atoms. The van der Waals surface area contributed by atoms with Crippen LogP contribution in [0.3, 0.4) is 0 Å². The lowest BCUT2D eigenvalue weighted by Crippen LogP contribution is -2.52. The van der Waals surface area contributed by atoms with Gasteiger partial charge in [-0.05, 0) is 32.1 Å². The minimum Gasteiger partial charge on any atom is -0.481 e. The highest BCUT2D eigenvalue weighted by atomic mass is 16.4. The van der Waals surface area contributed by atoms with Gasteiger partial charge in [0, 0.05) is 0 Å². The zero-order valence-electron chi connectivity index (χ0n) is 14.4. The van der Waals surface area contributed by atoms with Gasteiger partial charge in [0.1, 0.15) is 0 Å². The summed E-state index contributed by atoms with van der Waals surface area (Å²) in [5, 5.41) is 19.4. The number of carboxylic acid groups (broad SMARTS) is 2. The standard InChI is InChI=1S/C18H32O4/c1-14(2)10-6-4-5-7-12-18(16(21)22)13-9-8-11-17(18,3)15(19)20/h14H,4-13H2,1-3H3,(H,19,20)(H,21,22). The van der Waals surface area contributed by atoms with Crippen molar-refractivity contribution >= 4 is 11.9 Å². The van der Waals surface area contributed by atoms with Gasteiger partial charge in [-0.3, -0.25) is 9.59 Å². The minimum atomic E-state index is -1.13. The van der Waals surface area contributed by atoms with E-state index in [-0.39, 0.29) is 0 Å². The van der Waals surface area contributed by atoms with E-state index < -0.39 is 22.8 Å². The summed E-state index contributed by atoms with van der Waals surface area (Å²) in [4.78, 5) is 23.7. The Morgan fingerprint density at radius 1 is 0.955 bits per heavy atom. The zero-order valence-corrected chi connectivity index (χ0v) is 14.4. The van der Waals surface area contributed by atoms with Crippen LogP contribution in [0.2, 0.25) is 0 Å². The molecule has 0 aromatic rings. The normalized spacial score (nSPS) is 28.7. The van der Waals surface area contributed by atoms with E-state index in [4.69, 9.17) is 0 Å². The number of rotatable bonds is 9. The number of hydrogen-bond donors (Lipinski definition) is 2. The van der Waals surface area contributed by atoms with Crippen LogP contribution in [0.4, 0.5) is 0 Å². The van der Waals surface area contributed by atoms with Crippen LogP contribution in [0, 0.1) is 16.7 Å². The highest BCUT2D eigenvalue weighted by Gasteiger charge is 2.58. The fourth-order valence-electron chi connectivity index (χ4n) is 3.92. The van der Waals surface area contributed by atoms with Crippen LogP contribution in [-0.2, 0) is 9.59 Å². The summed E-state index contributed by atoms with van der Waals surface area (Å²) in [5.41, 5.74) is -2.22. The monoisotopic (exact) mass is 312 g/mol. The number of aliphatic carboxylic acids is 2. The van der Waals surface area contributed by atoms with Crippen molar-refractivity contribution < 1.29 is 19.8 Å². The molecule has 2 N–H and O–H groups in total. The summed E-state index contributed by atoms with van der Waals surface area (Å²) in [6, 6.07) is 0. The van der Waals surface area contributed by atoms with Gasteiger partial charge in [-0.2, -0.15) is 0 Å². The van der Waals surface area contributed by atoms with E-state index in [0.717, 1.165) is 32.1 Å². The number of carbonyl (C=O) groups is 2. The van der Waals surface area contributed by atoms with Crippen LogP contribution in [-0.4, -0.2) is 22.2 Å². The Hall–Kier alpha value is -1.06. The molecule has 4 nitrogen and oxygen atoms in total. The number of carboxylic acids is 2. The predicted octanol–water partition coefficient (Wildman–Crippen LogP) is 4.72. The SMILES string of the molecule is CC(C)CCCCCCC1(C(=O)O)CCCCC1(C)C(=O)O. The van der Waals surface area contributed by atoms with Crippen molar-refractivity contribution in [1.82, 2.24) is 0 Å². The molecule has 0 radical (unpaired) electrons. The van der Waals surface area contributed by atoms with Crippen molar-refractivity contribution in [3.8, 4) is 0 Å². The number of unbranched alkanes of at least 4 members (excludes halogenated alkanes) is 3. The van der Waals surface area contributed by atoms with Gasteiger partial charge in [0.25, 0.3) is 0 Å². The van der Waals surface area contributed by atoms with E-state index in [1.807, 2.05) is 0 Å². The molecule has 2 atom stereocenters. The molecule has 22 heavy (non-hydrogen) atoms. The molecule has 0 heterocycles. The van der Waals surface area contributed by atoms with Gasteiger partial charge < -0.3 is 10.2 Å². The van der Waals surface area contributed by atoms with E-state index in [2.05, 4.69) is 13.8 Å². The van der Waals surface area contributed by atoms with Gasteiger partial charge in [-0.1, -0.05) is 58.8 Å². The maximum Gasteiger partial charge on any atom is 0.310 e. The lowest BCUT2D eigenvalue weighted by molar-refractivity contribution is -0.179. The maximum absolute atomic E-state index is 11.9. The Labute approximate surface area is 134 Å². The molecular formula is C18H32O4. The Bertz CT molecular complexity index is 391. The fraction of sp³-hybridized carbons (Fsp3) is 0.889. The second-order valence-corrected chi connectivity index (χ2v) is 7.58. The Kier molecular flexibility index (Phi) is 6.89. The Balaban J connectivity index is 2.66. The third-order valence-electron chi connectivity index (χ3n) is 5.60. The van der Waals surface area contributed by atoms with Crippen molar-refractivity contribution in [2.45, 2.75) is 85.0 Å². The Morgan fingerprint density at radius 2 is 1.55 bits per heavy atom. The van der Waals surface area contributed by atoms with Crippen molar-refractivity contribution in [2.24, 2.45) is 16.7 Å². The fourth-order valence-corrected chi connectivity index (χ4v) is 3.92. The second-order valence-electron chi connectivity index (χ2n) is 7.58. The topological polar surface area (TPSA) is 74.6 Å². The van der Waals surface area contributed by atoms with Crippen LogP contribution in [0.15, 0.2) is 0 Å². The van der Waals surface area contributed by atoms with E-state index in [9.17, 15) is 19.8 Å². The minimum absolute atomic E-state index is 0.474. The van der Waals surface area contributed by atoms with E-state index in [1.54, 1.807) is 6.92 Å². The average molecular weight is 312 g/mol. The lowest BCUT2D eigenvalue weighted by atomic mass is 9.55. The molecule has 1 aliphatic carbocycles. The van der Waals surface area contributed by atoms with E-state index in [1.165, 1.54) is 12.8 Å². The smallest absolute Gasteiger partial charge is 0.310 e. The average Bonchev–Trinajstić information content (AvgIpc) is 2.43. The highest BCUT2D eigenvalue weighted by Crippen LogP contribution is 2.54. The lowest BCUT2D eigenvalue weighted by Gasteiger charge is -2.46. The summed E-state index contributed by atoms with van der Waals surface area (Å²) < 4.78 is 0. The molecule has 0 amide bonds. The zero-order chi connectivity index (χ0) is 16.8. The highest BCUT2D eigenvalue weighted by molar-refractivity contribution is 5.86. The van der Waals surface area contributed by atoms with Gasteiger partial charge in [0.15, 0.2) is 0 Å². The molecule has 1 fully saturated rings. The summed E-state index contributed by atoms with van der Waals surface area (Å²) in [6.45, 7) is 6.06. The quantitative estimate of drug-likeness (QED) is 0.604. The molecule has 1 rings (SSSR count). The summed E-state index contributed by atoms with van der Waals surface area (Å²) in [6.07, 6.45) is 8.40. The van der Waals surface area contributed by atoms with Gasteiger partial charge in [0.05, 0.1) is 10.8 Å². The molecule has 0 saturated heterocycles. The summed E-state index contributed by atoms with van der Waals surface area (Å²) >= 11 is 0.